The second-order valence-electron chi connectivity index (χ2n) is 4.55. The molecule has 2 unspecified atom stereocenters. The Hall–Kier alpha value is 0.140. The Kier molecular flexibility index (Phi) is 5.87. The zero-order chi connectivity index (χ0) is 11.3. The van der Waals surface area contributed by atoms with Crippen molar-refractivity contribution in [3.8, 4) is 0 Å². The van der Waals surface area contributed by atoms with E-state index >= 15 is 0 Å². The minimum Gasteiger partial charge on any atom is -0.312 e. The van der Waals surface area contributed by atoms with E-state index in [2.05, 4.69) is 46.6 Å². The van der Waals surface area contributed by atoms with Crippen LogP contribution in [0.25, 0.3) is 0 Å². The van der Waals surface area contributed by atoms with E-state index in [4.69, 9.17) is 0 Å². The maximum atomic E-state index is 3.92. The molecule has 0 saturated carbocycles. The number of rotatable bonds is 4. The second-order valence-corrected chi connectivity index (χ2v) is 5.67. The van der Waals surface area contributed by atoms with Gasteiger partial charge in [-0.25, -0.2) is 0 Å². The van der Waals surface area contributed by atoms with Gasteiger partial charge in [-0.3, -0.25) is 4.90 Å². The van der Waals surface area contributed by atoms with Gasteiger partial charge in [-0.1, -0.05) is 42.8 Å². The molecule has 1 heterocycles. The third-order valence-corrected chi connectivity index (χ3v) is 3.49. The fourth-order valence-corrected chi connectivity index (χ4v) is 2.43. The van der Waals surface area contributed by atoms with Crippen LogP contribution >= 0.6 is 15.9 Å². The van der Waals surface area contributed by atoms with Crippen molar-refractivity contribution in [2.45, 2.75) is 32.7 Å². The molecule has 1 fully saturated rings. The molecule has 1 aliphatic rings. The Labute approximate surface area is 102 Å². The fourth-order valence-electron chi connectivity index (χ4n) is 2.08. The first-order chi connectivity index (χ1) is 7.13. The Bertz CT molecular complexity index is 206. The van der Waals surface area contributed by atoms with E-state index in [-0.39, 0.29) is 0 Å². The molecule has 0 bridgehead atoms. The zero-order valence-electron chi connectivity index (χ0n) is 9.93. The molecule has 88 valence electrons. The summed E-state index contributed by atoms with van der Waals surface area (Å²) in [6.07, 6.45) is 2.49. The van der Waals surface area contributed by atoms with Gasteiger partial charge in [-0.15, -0.1) is 0 Å². The summed E-state index contributed by atoms with van der Waals surface area (Å²) < 4.78 is 1.09. The smallest absolute Gasteiger partial charge is 0.0294 e. The largest absolute Gasteiger partial charge is 0.312 e. The fraction of sp³-hybridized carbons (Fsp3) is 0.833. The summed E-state index contributed by atoms with van der Waals surface area (Å²) in [4.78, 5) is 2.49. The van der Waals surface area contributed by atoms with E-state index in [1.165, 1.54) is 19.4 Å². The van der Waals surface area contributed by atoms with Gasteiger partial charge in [0.2, 0.25) is 0 Å². The monoisotopic (exact) mass is 274 g/mol. The van der Waals surface area contributed by atoms with Crippen molar-refractivity contribution >= 4 is 15.9 Å². The number of nitrogens with zero attached hydrogens (tertiary/aromatic N) is 1. The van der Waals surface area contributed by atoms with Crippen LogP contribution in [0, 0.1) is 5.92 Å². The summed E-state index contributed by atoms with van der Waals surface area (Å²) in [5, 5.41) is 3.65. The molecule has 3 heteroatoms. The van der Waals surface area contributed by atoms with E-state index < -0.39 is 0 Å². The topological polar surface area (TPSA) is 15.3 Å². The Morgan fingerprint density at radius 2 is 2.40 bits per heavy atom. The summed E-state index contributed by atoms with van der Waals surface area (Å²) in [7, 11) is 0. The van der Waals surface area contributed by atoms with E-state index in [0.29, 0.717) is 6.04 Å². The van der Waals surface area contributed by atoms with Gasteiger partial charge in [0.05, 0.1) is 0 Å². The van der Waals surface area contributed by atoms with E-state index in [0.717, 1.165) is 30.0 Å². The van der Waals surface area contributed by atoms with Gasteiger partial charge in [0.1, 0.15) is 0 Å². The van der Waals surface area contributed by atoms with E-state index in [1.54, 1.807) is 0 Å². The Morgan fingerprint density at radius 3 is 3.00 bits per heavy atom. The van der Waals surface area contributed by atoms with Crippen LogP contribution < -0.4 is 5.32 Å². The molecule has 1 saturated heterocycles. The minimum absolute atomic E-state index is 0.643. The highest BCUT2D eigenvalue weighted by Crippen LogP contribution is 2.14. The highest BCUT2D eigenvalue weighted by Gasteiger charge is 2.21. The molecule has 0 aromatic heterocycles. The minimum atomic E-state index is 0.643. The molecule has 15 heavy (non-hydrogen) atoms. The van der Waals surface area contributed by atoms with Gasteiger partial charge in [0.25, 0.3) is 0 Å². The third kappa shape index (κ3) is 4.66. The van der Waals surface area contributed by atoms with Gasteiger partial charge in [0.15, 0.2) is 0 Å². The first-order valence-electron chi connectivity index (χ1n) is 5.92. The van der Waals surface area contributed by atoms with Crippen LogP contribution in [0.5, 0.6) is 0 Å². The highest BCUT2D eigenvalue weighted by molar-refractivity contribution is 9.11. The van der Waals surface area contributed by atoms with Gasteiger partial charge in [0, 0.05) is 23.6 Å². The van der Waals surface area contributed by atoms with Crippen LogP contribution in [-0.2, 0) is 0 Å². The molecule has 1 rings (SSSR count). The SMILES string of the molecule is C=C(Br)CN1CCCNC(C(C)CC)C1. The van der Waals surface area contributed by atoms with Gasteiger partial charge < -0.3 is 5.32 Å². The first-order valence-corrected chi connectivity index (χ1v) is 6.71. The summed E-state index contributed by atoms with van der Waals surface area (Å²) in [6.45, 7) is 13.0. The molecule has 2 nitrogen and oxygen atoms in total. The predicted octanol–water partition coefficient (Wildman–Crippen LogP) is 2.61. The molecule has 2 atom stereocenters. The number of halogens is 1. The van der Waals surface area contributed by atoms with Crippen LogP contribution in [0.15, 0.2) is 11.1 Å². The van der Waals surface area contributed by atoms with E-state index in [1.807, 2.05) is 0 Å². The van der Waals surface area contributed by atoms with Gasteiger partial charge in [-0.05, 0) is 25.4 Å². The van der Waals surface area contributed by atoms with Crippen LogP contribution in [-0.4, -0.2) is 37.1 Å². The highest BCUT2D eigenvalue weighted by atomic mass is 79.9. The summed E-state index contributed by atoms with van der Waals surface area (Å²) in [5.74, 6) is 0.759. The van der Waals surface area contributed by atoms with Crippen LogP contribution in [0.3, 0.4) is 0 Å². The second kappa shape index (κ2) is 6.66. The lowest BCUT2D eigenvalue weighted by Crippen LogP contribution is -2.42. The average molecular weight is 275 g/mol. The molecule has 0 amide bonds. The summed E-state index contributed by atoms with van der Waals surface area (Å²) in [5.41, 5.74) is 0. The van der Waals surface area contributed by atoms with Crippen molar-refractivity contribution in [2.75, 3.05) is 26.2 Å². The van der Waals surface area contributed by atoms with Crippen LogP contribution in [0.4, 0.5) is 0 Å². The van der Waals surface area contributed by atoms with Crippen LogP contribution in [0.2, 0.25) is 0 Å². The van der Waals surface area contributed by atoms with Crippen molar-refractivity contribution < 1.29 is 0 Å². The lowest BCUT2D eigenvalue weighted by Gasteiger charge is -2.27. The number of hydrogen-bond donors (Lipinski definition) is 1. The summed E-state index contributed by atoms with van der Waals surface area (Å²) in [6, 6.07) is 0.643. The van der Waals surface area contributed by atoms with Crippen molar-refractivity contribution in [3.05, 3.63) is 11.1 Å². The quantitative estimate of drug-likeness (QED) is 0.848. The molecule has 1 aliphatic heterocycles. The normalized spacial score (nSPS) is 25.9. The number of nitrogens with one attached hydrogen (secondary N) is 1. The lowest BCUT2D eigenvalue weighted by molar-refractivity contribution is 0.257. The van der Waals surface area contributed by atoms with Crippen molar-refractivity contribution in [2.24, 2.45) is 5.92 Å². The molecule has 0 aliphatic carbocycles. The maximum absolute atomic E-state index is 3.92. The predicted molar refractivity (Wildman–Crippen MR) is 70.4 cm³/mol. The molecular formula is C12H23BrN2. The van der Waals surface area contributed by atoms with Crippen LogP contribution in [0.1, 0.15) is 26.7 Å². The third-order valence-electron chi connectivity index (χ3n) is 3.24. The zero-order valence-corrected chi connectivity index (χ0v) is 11.5. The molecule has 0 aromatic rings. The first kappa shape index (κ1) is 13.2. The van der Waals surface area contributed by atoms with E-state index in [9.17, 15) is 0 Å². The van der Waals surface area contributed by atoms with Gasteiger partial charge in [-0.2, -0.15) is 0 Å². The Morgan fingerprint density at radius 1 is 1.67 bits per heavy atom. The molecular weight excluding hydrogens is 252 g/mol. The standard InChI is InChI=1S/C12H23BrN2/c1-4-10(2)12-9-15(8-11(3)13)7-5-6-14-12/h10,12,14H,3-9H2,1-2H3. The Balaban J connectivity index is 2.49. The number of hydrogen-bond acceptors (Lipinski definition) is 2. The molecule has 0 aromatic carbocycles. The maximum Gasteiger partial charge on any atom is 0.0294 e. The molecule has 1 N–H and O–H groups in total. The van der Waals surface area contributed by atoms with Crippen molar-refractivity contribution in [1.29, 1.82) is 0 Å². The van der Waals surface area contributed by atoms with Crippen molar-refractivity contribution in [3.63, 3.8) is 0 Å². The average Bonchev–Trinajstić information content (AvgIpc) is 2.41. The van der Waals surface area contributed by atoms with Crippen molar-refractivity contribution in [1.82, 2.24) is 10.2 Å². The van der Waals surface area contributed by atoms with Gasteiger partial charge >= 0.3 is 0 Å². The lowest BCUT2D eigenvalue weighted by atomic mass is 9.99. The molecule has 0 spiro atoms. The summed E-state index contributed by atoms with van der Waals surface area (Å²) >= 11 is 3.45. The molecule has 0 radical (unpaired) electrons.